The van der Waals surface area contributed by atoms with E-state index in [0.717, 1.165) is 21.7 Å². The van der Waals surface area contributed by atoms with Crippen LogP contribution in [0.1, 0.15) is 259 Å². The summed E-state index contributed by atoms with van der Waals surface area (Å²) in [5.41, 5.74) is 0. The van der Waals surface area contributed by atoms with Crippen LogP contribution in [0.2, 0.25) is 8.87 Å². The third-order valence-electron chi connectivity index (χ3n) is 11.5. The van der Waals surface area contributed by atoms with Crippen LogP contribution in [0.3, 0.4) is 0 Å². The number of carbonyl (C=O) groups is 4. The summed E-state index contributed by atoms with van der Waals surface area (Å²) in [6.07, 6.45) is 45.2. The normalized spacial score (nSPS) is 10.8. The molecule has 0 atom stereocenters. The molecule has 0 heterocycles. The summed E-state index contributed by atoms with van der Waals surface area (Å²) in [7, 11) is 0. The second-order valence-electron chi connectivity index (χ2n) is 18.1. The molecule has 0 rings (SSSR count). The van der Waals surface area contributed by atoms with Crippen LogP contribution >= 0.6 is 25.3 Å². The number of hydrogen-bond donors (Lipinski definition) is 2. The van der Waals surface area contributed by atoms with E-state index in [1.807, 2.05) is 0 Å². The molecule has 0 saturated heterocycles. The summed E-state index contributed by atoms with van der Waals surface area (Å²) in [4.78, 5) is 44.3. The standard InChI is InChI=1S/2C21H42O2S.2C7H13O3.Sn/c2*1-2-3-4-5-6-7-8-9-10-11-12-13-14-15-16-17-19-23-21(22)18-20-24;2*1-3-9-6-5-7(8)10-4-2;/h2*24H,2-20H2,1H3;2*1,3-6H2,2H3;. The molecule has 0 unspecified atom stereocenters. The van der Waals surface area contributed by atoms with Crippen molar-refractivity contribution in [3.05, 3.63) is 0 Å². The Balaban J connectivity index is -0.000000950. The predicted octanol–water partition coefficient (Wildman–Crippen LogP) is 15.7. The Morgan fingerprint density at radius 1 is 0.304 bits per heavy atom. The molecule has 69 heavy (non-hydrogen) atoms. The van der Waals surface area contributed by atoms with E-state index in [0.29, 0.717) is 90.0 Å². The summed E-state index contributed by atoms with van der Waals surface area (Å²) >= 11 is 7.58. The molecule has 0 saturated carbocycles. The van der Waals surface area contributed by atoms with E-state index in [9.17, 15) is 19.2 Å². The van der Waals surface area contributed by atoms with Gasteiger partial charge in [-0.25, -0.2) is 0 Å². The quantitative estimate of drug-likeness (QED) is 0.0200. The summed E-state index contributed by atoms with van der Waals surface area (Å²) in [5.74, 6) is 0.548. The zero-order chi connectivity index (χ0) is 51.2. The molecule has 0 aromatic heterocycles. The molecule has 2 radical (unpaired) electrons. The Morgan fingerprint density at radius 2 is 0.551 bits per heavy atom. The van der Waals surface area contributed by atoms with Gasteiger partial charge in [0.2, 0.25) is 0 Å². The first-order valence-corrected chi connectivity index (χ1v) is 33.8. The van der Waals surface area contributed by atoms with Gasteiger partial charge < -0.3 is 9.47 Å². The SMILES string of the molecule is CCCCCCCCCCCCCCCCCCOC(=O)CCS.CCCCCCCCCCCCCCCCCCOC(=O)CCS.CCOC(=O)CCOC[CH2][Sn][CH2]COCCC(=O)OCC. The number of esters is 4. The van der Waals surface area contributed by atoms with Crippen molar-refractivity contribution in [1.82, 2.24) is 0 Å². The van der Waals surface area contributed by atoms with E-state index in [1.165, 1.54) is 193 Å². The van der Waals surface area contributed by atoms with E-state index < -0.39 is 21.1 Å². The predicted molar refractivity (Wildman–Crippen MR) is 297 cm³/mol. The first-order valence-electron chi connectivity index (χ1n) is 28.5. The summed E-state index contributed by atoms with van der Waals surface area (Å²) in [6, 6.07) is 0. The third kappa shape index (κ3) is 71.6. The molecule has 0 aliphatic heterocycles. The van der Waals surface area contributed by atoms with Crippen molar-refractivity contribution in [2.24, 2.45) is 0 Å². The van der Waals surface area contributed by atoms with Gasteiger partial charge in [-0.15, -0.1) is 0 Å². The second-order valence-corrected chi connectivity index (χ2v) is 23.3. The molecule has 13 heteroatoms. The van der Waals surface area contributed by atoms with Gasteiger partial charge in [0.05, 0.1) is 26.1 Å². The fourth-order valence-corrected chi connectivity index (χ4v) is 10.1. The van der Waals surface area contributed by atoms with Crippen LogP contribution in [-0.2, 0) is 47.6 Å². The molecule has 0 aliphatic rings. The molecule has 0 aliphatic carbocycles. The van der Waals surface area contributed by atoms with Gasteiger partial charge >= 0.3 is 149 Å². The first-order chi connectivity index (χ1) is 33.8. The zero-order valence-corrected chi connectivity index (χ0v) is 50.1. The van der Waals surface area contributed by atoms with Crippen molar-refractivity contribution in [3.8, 4) is 0 Å². The van der Waals surface area contributed by atoms with Crippen molar-refractivity contribution in [2.45, 2.75) is 268 Å². The molecule has 0 bridgehead atoms. The van der Waals surface area contributed by atoms with Gasteiger partial charge in [-0.3, -0.25) is 9.59 Å². The van der Waals surface area contributed by atoms with Crippen molar-refractivity contribution in [1.29, 1.82) is 0 Å². The van der Waals surface area contributed by atoms with Gasteiger partial charge in [0.15, 0.2) is 0 Å². The van der Waals surface area contributed by atoms with Crippen LogP contribution in [0.5, 0.6) is 0 Å². The van der Waals surface area contributed by atoms with E-state index in [4.69, 9.17) is 28.4 Å². The average molecular weight is 1130 g/mol. The summed E-state index contributed by atoms with van der Waals surface area (Å²) in [6.45, 7) is 12.5. The molecule has 0 fully saturated rings. The number of carbonyl (C=O) groups excluding carboxylic acids is 4. The molecular weight excluding hydrogens is 1020 g/mol. The van der Waals surface area contributed by atoms with E-state index in [-0.39, 0.29) is 23.9 Å². The van der Waals surface area contributed by atoms with Gasteiger partial charge in [-0.1, -0.05) is 206 Å². The Bertz CT molecular complexity index is 963. The van der Waals surface area contributed by atoms with Gasteiger partial charge in [-0.05, 0) is 12.8 Å². The van der Waals surface area contributed by atoms with Crippen LogP contribution in [0.4, 0.5) is 0 Å². The maximum absolute atomic E-state index is 11.1. The first kappa shape index (κ1) is 72.5. The number of hydrogen-bond acceptors (Lipinski definition) is 12. The van der Waals surface area contributed by atoms with Crippen LogP contribution in [0.15, 0.2) is 0 Å². The van der Waals surface area contributed by atoms with Crippen molar-refractivity contribution in [2.75, 3.05) is 64.4 Å². The third-order valence-corrected chi connectivity index (χ3v) is 15.1. The molecule has 0 aromatic carbocycles. The fourth-order valence-electron chi connectivity index (χ4n) is 7.39. The van der Waals surface area contributed by atoms with Gasteiger partial charge in [0.25, 0.3) is 0 Å². The van der Waals surface area contributed by atoms with E-state index in [1.54, 1.807) is 13.8 Å². The topological polar surface area (TPSA) is 124 Å². The van der Waals surface area contributed by atoms with Crippen LogP contribution < -0.4 is 0 Å². The monoisotopic (exact) mass is 1130 g/mol. The fraction of sp³-hybridized carbons (Fsp3) is 0.929. The number of ether oxygens (including phenoxy) is 6. The van der Waals surface area contributed by atoms with Crippen molar-refractivity contribution < 1.29 is 47.6 Å². The Labute approximate surface area is 447 Å². The zero-order valence-electron chi connectivity index (χ0n) is 45.4. The van der Waals surface area contributed by atoms with Crippen LogP contribution in [-0.4, -0.2) is 109 Å². The van der Waals surface area contributed by atoms with E-state index >= 15 is 0 Å². The molecule has 410 valence electrons. The van der Waals surface area contributed by atoms with Crippen molar-refractivity contribution in [3.63, 3.8) is 0 Å². The second kappa shape index (κ2) is 67.3. The molecule has 0 N–H and O–H groups in total. The van der Waals surface area contributed by atoms with Crippen LogP contribution in [0, 0.1) is 0 Å². The number of thiol groups is 2. The molecule has 0 amide bonds. The van der Waals surface area contributed by atoms with Gasteiger partial charge in [0, 0.05) is 11.5 Å². The Hall–Kier alpha value is -0.701. The molecular formula is C56H110O10S2Sn. The van der Waals surface area contributed by atoms with E-state index in [2.05, 4.69) is 39.1 Å². The van der Waals surface area contributed by atoms with Crippen LogP contribution in [0.25, 0.3) is 0 Å². The minimum absolute atomic E-state index is 0.106. The number of unbranched alkanes of at least 4 members (excludes halogenated alkanes) is 30. The molecule has 0 aromatic rings. The van der Waals surface area contributed by atoms with Crippen molar-refractivity contribution >= 4 is 70.3 Å². The average Bonchev–Trinajstić information content (AvgIpc) is 3.33. The number of rotatable bonds is 52. The maximum atomic E-state index is 11.1. The minimum atomic E-state index is -0.450. The summed E-state index contributed by atoms with van der Waals surface area (Å²) < 4.78 is 32.8. The van der Waals surface area contributed by atoms with Gasteiger partial charge in [-0.2, -0.15) is 25.3 Å². The summed E-state index contributed by atoms with van der Waals surface area (Å²) in [5, 5.41) is 0. The van der Waals surface area contributed by atoms with Gasteiger partial charge in [0.1, 0.15) is 0 Å². The Kier molecular flexibility index (Phi) is 70.8. The molecule has 10 nitrogen and oxygen atoms in total. The molecule has 0 spiro atoms. The Morgan fingerprint density at radius 3 is 0.797 bits per heavy atom.